The first-order valence-corrected chi connectivity index (χ1v) is 7.58. The Morgan fingerprint density at radius 1 is 1.17 bits per heavy atom. The largest absolute Gasteiger partial charge is 0.339 e. The zero-order chi connectivity index (χ0) is 13.2. The lowest BCUT2D eigenvalue weighted by molar-refractivity contribution is -0.134. The van der Waals surface area contributed by atoms with Crippen molar-refractivity contribution in [3.63, 3.8) is 0 Å². The lowest BCUT2D eigenvalue weighted by Gasteiger charge is -2.35. The molecule has 6 nitrogen and oxygen atoms in total. The molecule has 18 heavy (non-hydrogen) atoms. The van der Waals surface area contributed by atoms with Gasteiger partial charge in [0.05, 0.1) is 12.3 Å². The van der Waals surface area contributed by atoms with Gasteiger partial charge in [-0.1, -0.05) is 13.8 Å². The lowest BCUT2D eigenvalue weighted by atomic mass is 10.0. The zero-order valence-electron chi connectivity index (χ0n) is 11.0. The van der Waals surface area contributed by atoms with Gasteiger partial charge in [-0.15, -0.1) is 12.4 Å². The monoisotopic (exact) mass is 299 g/mol. The van der Waals surface area contributed by atoms with Crippen molar-refractivity contribution in [2.75, 3.05) is 32.4 Å². The fourth-order valence-electron chi connectivity index (χ4n) is 1.74. The summed E-state index contributed by atoms with van der Waals surface area (Å²) >= 11 is 0. The molecule has 1 saturated heterocycles. The van der Waals surface area contributed by atoms with E-state index in [0.717, 1.165) is 0 Å². The topological polar surface area (TPSA) is 83.7 Å². The van der Waals surface area contributed by atoms with E-state index < -0.39 is 16.1 Å². The molecule has 1 aliphatic heterocycles. The van der Waals surface area contributed by atoms with Gasteiger partial charge in [0.15, 0.2) is 0 Å². The van der Waals surface area contributed by atoms with E-state index in [4.69, 9.17) is 5.73 Å². The molecule has 1 atom stereocenters. The minimum Gasteiger partial charge on any atom is -0.339 e. The van der Waals surface area contributed by atoms with E-state index in [-0.39, 0.29) is 24.2 Å². The molecule has 0 aromatic heterocycles. The van der Waals surface area contributed by atoms with Gasteiger partial charge in [-0.2, -0.15) is 4.31 Å². The first kappa shape index (κ1) is 17.6. The van der Waals surface area contributed by atoms with Crippen LogP contribution in [0.3, 0.4) is 0 Å². The molecule has 0 spiro atoms. The number of carbonyl (C=O) groups excluding carboxylic acids is 1. The molecule has 1 heterocycles. The summed E-state index contributed by atoms with van der Waals surface area (Å²) in [7, 11) is -3.15. The Kier molecular flexibility index (Phi) is 6.56. The molecule has 1 amide bonds. The molecule has 8 heteroatoms. The maximum absolute atomic E-state index is 11.9. The van der Waals surface area contributed by atoms with E-state index in [1.54, 1.807) is 4.90 Å². The summed E-state index contributed by atoms with van der Waals surface area (Å²) in [6, 6.07) is -0.500. The number of nitrogens with zero attached hydrogens (tertiary/aromatic N) is 2. The maximum Gasteiger partial charge on any atom is 0.239 e. The molecule has 0 bridgehead atoms. The number of halogens is 1. The summed E-state index contributed by atoms with van der Waals surface area (Å²) in [5.41, 5.74) is 5.79. The number of piperazine rings is 1. The summed E-state index contributed by atoms with van der Waals surface area (Å²) in [4.78, 5) is 13.6. The molecule has 1 aliphatic rings. The number of carbonyl (C=O) groups is 1. The van der Waals surface area contributed by atoms with Crippen LogP contribution in [0.2, 0.25) is 0 Å². The van der Waals surface area contributed by atoms with Gasteiger partial charge in [-0.05, 0) is 5.92 Å². The van der Waals surface area contributed by atoms with Gasteiger partial charge in [-0.25, -0.2) is 8.42 Å². The van der Waals surface area contributed by atoms with Gasteiger partial charge in [0.1, 0.15) is 0 Å². The highest BCUT2D eigenvalue weighted by atomic mass is 35.5. The van der Waals surface area contributed by atoms with Crippen molar-refractivity contribution in [1.29, 1.82) is 0 Å². The number of nitrogens with two attached hydrogens (primary N) is 1. The minimum atomic E-state index is -3.15. The van der Waals surface area contributed by atoms with E-state index in [1.165, 1.54) is 10.6 Å². The second-order valence-corrected chi connectivity index (χ2v) is 6.74. The first-order chi connectivity index (χ1) is 7.73. The molecule has 1 unspecified atom stereocenters. The molecule has 1 fully saturated rings. The predicted octanol–water partition coefficient (Wildman–Crippen LogP) is -0.505. The first-order valence-electron chi connectivity index (χ1n) is 5.73. The summed E-state index contributed by atoms with van der Waals surface area (Å²) in [5, 5.41) is 0. The third kappa shape index (κ3) is 4.38. The van der Waals surface area contributed by atoms with E-state index in [9.17, 15) is 13.2 Å². The molecule has 0 saturated carbocycles. The average Bonchev–Trinajstić information content (AvgIpc) is 2.26. The van der Waals surface area contributed by atoms with Crippen LogP contribution in [0.25, 0.3) is 0 Å². The van der Waals surface area contributed by atoms with Crippen molar-refractivity contribution in [3.8, 4) is 0 Å². The SMILES string of the molecule is CC(C)C(N)C(=O)N1CCN(S(C)(=O)=O)CC1.Cl. The number of sulfonamides is 1. The summed E-state index contributed by atoms with van der Waals surface area (Å²) in [6.45, 7) is 5.36. The smallest absolute Gasteiger partial charge is 0.239 e. The Bertz CT molecular complexity index is 378. The Balaban J connectivity index is 0.00000289. The Hall–Kier alpha value is -0.370. The number of amides is 1. The van der Waals surface area contributed by atoms with E-state index in [1.807, 2.05) is 13.8 Å². The molecule has 0 radical (unpaired) electrons. The summed E-state index contributed by atoms with van der Waals surface area (Å²) in [5.74, 6) is 0.00332. The highest BCUT2D eigenvalue weighted by molar-refractivity contribution is 7.88. The molecular weight excluding hydrogens is 278 g/mol. The molecule has 108 valence electrons. The third-order valence-corrected chi connectivity index (χ3v) is 4.33. The fraction of sp³-hybridized carbons (Fsp3) is 0.900. The van der Waals surface area contributed by atoms with Crippen LogP contribution in [-0.4, -0.2) is 62.0 Å². The second kappa shape index (κ2) is 6.70. The fourth-order valence-corrected chi connectivity index (χ4v) is 2.56. The van der Waals surface area contributed by atoms with Crippen molar-refractivity contribution < 1.29 is 13.2 Å². The van der Waals surface area contributed by atoms with Crippen LogP contribution in [-0.2, 0) is 14.8 Å². The number of hydrogen-bond acceptors (Lipinski definition) is 4. The molecular formula is C10H22ClN3O3S. The normalized spacial score (nSPS) is 19.5. The van der Waals surface area contributed by atoms with Crippen molar-refractivity contribution >= 4 is 28.3 Å². The number of hydrogen-bond donors (Lipinski definition) is 1. The quantitative estimate of drug-likeness (QED) is 0.761. The van der Waals surface area contributed by atoms with E-state index >= 15 is 0 Å². The summed E-state index contributed by atoms with van der Waals surface area (Å²) < 4.78 is 24.0. The number of rotatable bonds is 3. The Morgan fingerprint density at radius 2 is 1.61 bits per heavy atom. The lowest BCUT2D eigenvalue weighted by Crippen LogP contribution is -2.55. The highest BCUT2D eigenvalue weighted by Gasteiger charge is 2.29. The van der Waals surface area contributed by atoms with Crippen LogP contribution in [0.5, 0.6) is 0 Å². The van der Waals surface area contributed by atoms with Crippen molar-refractivity contribution in [3.05, 3.63) is 0 Å². The van der Waals surface area contributed by atoms with Crippen LogP contribution in [0.15, 0.2) is 0 Å². The zero-order valence-corrected chi connectivity index (χ0v) is 12.6. The van der Waals surface area contributed by atoms with Crippen LogP contribution in [0.1, 0.15) is 13.8 Å². The third-order valence-electron chi connectivity index (χ3n) is 3.02. The summed E-state index contributed by atoms with van der Waals surface area (Å²) in [6.07, 6.45) is 1.18. The minimum absolute atomic E-state index is 0. The van der Waals surface area contributed by atoms with E-state index in [0.29, 0.717) is 26.2 Å². The van der Waals surface area contributed by atoms with Crippen LogP contribution < -0.4 is 5.73 Å². The van der Waals surface area contributed by atoms with Crippen molar-refractivity contribution in [2.24, 2.45) is 11.7 Å². The molecule has 1 rings (SSSR count). The molecule has 0 aromatic carbocycles. The van der Waals surface area contributed by atoms with Gasteiger partial charge >= 0.3 is 0 Å². The molecule has 2 N–H and O–H groups in total. The van der Waals surface area contributed by atoms with Crippen LogP contribution >= 0.6 is 12.4 Å². The highest BCUT2D eigenvalue weighted by Crippen LogP contribution is 2.09. The Labute approximate surface area is 115 Å². The Morgan fingerprint density at radius 3 is 1.94 bits per heavy atom. The second-order valence-electron chi connectivity index (χ2n) is 4.76. The van der Waals surface area contributed by atoms with Crippen LogP contribution in [0.4, 0.5) is 0 Å². The molecule has 0 aliphatic carbocycles. The van der Waals surface area contributed by atoms with Gasteiger partial charge in [0.25, 0.3) is 0 Å². The van der Waals surface area contributed by atoms with E-state index in [2.05, 4.69) is 0 Å². The van der Waals surface area contributed by atoms with Crippen molar-refractivity contribution in [1.82, 2.24) is 9.21 Å². The van der Waals surface area contributed by atoms with Gasteiger partial charge < -0.3 is 10.6 Å². The van der Waals surface area contributed by atoms with Gasteiger partial charge in [-0.3, -0.25) is 4.79 Å². The predicted molar refractivity (Wildman–Crippen MR) is 73.1 cm³/mol. The maximum atomic E-state index is 11.9. The van der Waals surface area contributed by atoms with Crippen molar-refractivity contribution in [2.45, 2.75) is 19.9 Å². The standard InChI is InChI=1S/C10H21N3O3S.ClH/c1-8(2)9(11)10(14)12-4-6-13(7-5-12)17(3,15)16;/h8-9H,4-7,11H2,1-3H3;1H. The van der Waals surface area contributed by atoms with Gasteiger partial charge in [0, 0.05) is 26.2 Å². The molecule has 0 aromatic rings. The van der Waals surface area contributed by atoms with Gasteiger partial charge in [0.2, 0.25) is 15.9 Å². The average molecular weight is 300 g/mol. The van der Waals surface area contributed by atoms with Crippen LogP contribution in [0, 0.1) is 5.92 Å².